The number of aryl methyl sites for hydroxylation is 1. The van der Waals surface area contributed by atoms with Gasteiger partial charge in [0.1, 0.15) is 18.2 Å². The fraction of sp³-hybridized carbons (Fsp3) is 0.278. The number of nitrogens with zero attached hydrogens (tertiary/aromatic N) is 2. The van der Waals surface area contributed by atoms with Gasteiger partial charge in [-0.15, -0.1) is 8.78 Å². The van der Waals surface area contributed by atoms with Gasteiger partial charge in [-0.3, -0.25) is 0 Å². The van der Waals surface area contributed by atoms with E-state index in [4.69, 9.17) is 9.47 Å². The van der Waals surface area contributed by atoms with Crippen molar-refractivity contribution in [2.24, 2.45) is 0 Å². The Bertz CT molecular complexity index is 940. The van der Waals surface area contributed by atoms with Crippen molar-refractivity contribution < 1.29 is 32.5 Å². The molecule has 1 aromatic carbocycles. The molecule has 1 aliphatic heterocycles. The minimum atomic E-state index is -3.70. The molecule has 0 aliphatic carbocycles. The summed E-state index contributed by atoms with van der Waals surface area (Å²) in [6.07, 6.45) is -3.70. The second-order valence-corrected chi connectivity index (χ2v) is 5.54. The van der Waals surface area contributed by atoms with E-state index >= 15 is 0 Å². The van der Waals surface area contributed by atoms with E-state index in [0.29, 0.717) is 11.3 Å². The van der Waals surface area contributed by atoms with E-state index in [1.807, 2.05) is 6.07 Å². The van der Waals surface area contributed by atoms with Crippen LogP contribution in [0.5, 0.6) is 17.4 Å². The van der Waals surface area contributed by atoms with Crippen molar-refractivity contribution in [1.29, 1.82) is 5.26 Å². The van der Waals surface area contributed by atoms with Gasteiger partial charge in [0, 0.05) is 0 Å². The van der Waals surface area contributed by atoms with E-state index in [1.54, 1.807) is 13.8 Å². The van der Waals surface area contributed by atoms with Crippen LogP contribution in [0.25, 0.3) is 0 Å². The number of fused-ring (bicyclic) bond motifs is 1. The van der Waals surface area contributed by atoms with Gasteiger partial charge in [0.05, 0.1) is 17.9 Å². The van der Waals surface area contributed by atoms with Crippen LogP contribution in [-0.2, 0) is 11.3 Å². The summed E-state index contributed by atoms with van der Waals surface area (Å²) in [6, 6.07) is 7.46. The number of benzene rings is 1. The SMILES string of the molecule is CCOC(=O)c1cc(C#N)c(OCc2ccc3c(c2)OC(F)(F)O3)nc1C. The van der Waals surface area contributed by atoms with Gasteiger partial charge < -0.3 is 18.9 Å². The van der Waals surface area contributed by atoms with Crippen LogP contribution < -0.4 is 14.2 Å². The number of nitriles is 1. The number of rotatable bonds is 5. The fourth-order valence-electron chi connectivity index (χ4n) is 2.42. The molecule has 0 N–H and O–H groups in total. The molecule has 2 heterocycles. The van der Waals surface area contributed by atoms with E-state index in [1.165, 1.54) is 24.3 Å². The molecule has 0 atom stereocenters. The molecule has 7 nitrogen and oxygen atoms in total. The Kier molecular flexibility index (Phi) is 4.81. The fourth-order valence-corrected chi connectivity index (χ4v) is 2.42. The van der Waals surface area contributed by atoms with Crippen LogP contribution in [0, 0.1) is 18.3 Å². The molecule has 0 amide bonds. The quantitative estimate of drug-likeness (QED) is 0.739. The highest BCUT2D eigenvalue weighted by Gasteiger charge is 2.43. The lowest BCUT2D eigenvalue weighted by atomic mass is 10.1. The summed E-state index contributed by atoms with van der Waals surface area (Å²) in [5.74, 6) is -0.745. The number of ether oxygens (including phenoxy) is 4. The molecule has 9 heteroatoms. The van der Waals surface area contributed by atoms with Gasteiger partial charge in [0.2, 0.25) is 5.88 Å². The van der Waals surface area contributed by atoms with Crippen molar-refractivity contribution in [3.8, 4) is 23.4 Å². The Hall–Kier alpha value is -3.41. The topological polar surface area (TPSA) is 90.7 Å². The van der Waals surface area contributed by atoms with Gasteiger partial charge in [-0.05, 0) is 37.6 Å². The predicted octanol–water partition coefficient (Wildman–Crippen LogP) is 3.34. The van der Waals surface area contributed by atoms with Gasteiger partial charge in [0.15, 0.2) is 11.5 Å². The van der Waals surface area contributed by atoms with Crippen LogP contribution >= 0.6 is 0 Å². The summed E-state index contributed by atoms with van der Waals surface area (Å²) in [7, 11) is 0. The highest BCUT2D eigenvalue weighted by molar-refractivity contribution is 5.91. The van der Waals surface area contributed by atoms with Crippen molar-refractivity contribution in [2.45, 2.75) is 26.7 Å². The molecule has 3 rings (SSSR count). The Morgan fingerprint density at radius 3 is 2.74 bits per heavy atom. The first-order chi connectivity index (χ1) is 12.8. The molecule has 0 saturated carbocycles. The van der Waals surface area contributed by atoms with E-state index < -0.39 is 12.3 Å². The van der Waals surface area contributed by atoms with E-state index in [9.17, 15) is 18.8 Å². The molecular formula is C18H14F2N2O5. The summed E-state index contributed by atoms with van der Waals surface area (Å²) in [6.45, 7) is 3.40. The van der Waals surface area contributed by atoms with Gasteiger partial charge >= 0.3 is 12.3 Å². The van der Waals surface area contributed by atoms with Gasteiger partial charge in [-0.2, -0.15) is 5.26 Å². The van der Waals surface area contributed by atoms with E-state index in [-0.39, 0.29) is 41.7 Å². The Balaban J connectivity index is 1.78. The molecule has 2 aromatic rings. The van der Waals surface area contributed by atoms with Gasteiger partial charge in [0.25, 0.3) is 0 Å². The van der Waals surface area contributed by atoms with Crippen LogP contribution in [0.1, 0.15) is 34.1 Å². The minimum absolute atomic E-state index is 0.0195. The molecular weight excluding hydrogens is 362 g/mol. The molecule has 1 aliphatic rings. The first kappa shape index (κ1) is 18.4. The number of halogens is 2. The highest BCUT2D eigenvalue weighted by atomic mass is 19.3. The molecule has 0 bridgehead atoms. The zero-order valence-electron chi connectivity index (χ0n) is 14.4. The minimum Gasteiger partial charge on any atom is -0.472 e. The molecule has 0 unspecified atom stereocenters. The number of carbonyl (C=O) groups excluding carboxylic acids is 1. The monoisotopic (exact) mass is 376 g/mol. The van der Waals surface area contributed by atoms with Crippen LogP contribution in [0.2, 0.25) is 0 Å². The number of esters is 1. The molecule has 0 saturated heterocycles. The molecule has 27 heavy (non-hydrogen) atoms. The van der Waals surface area contributed by atoms with Crippen LogP contribution in [-0.4, -0.2) is 23.9 Å². The molecule has 0 radical (unpaired) electrons. The van der Waals surface area contributed by atoms with Gasteiger partial charge in [-0.1, -0.05) is 6.07 Å². The maximum Gasteiger partial charge on any atom is 0.586 e. The number of alkyl halides is 2. The van der Waals surface area contributed by atoms with Crippen LogP contribution in [0.4, 0.5) is 8.78 Å². The number of pyridine rings is 1. The van der Waals surface area contributed by atoms with Gasteiger partial charge in [-0.25, -0.2) is 9.78 Å². The average molecular weight is 376 g/mol. The Labute approximate surface area is 153 Å². The molecule has 0 spiro atoms. The van der Waals surface area contributed by atoms with Crippen LogP contribution in [0.3, 0.4) is 0 Å². The van der Waals surface area contributed by atoms with Crippen molar-refractivity contribution in [3.63, 3.8) is 0 Å². The number of hydrogen-bond donors (Lipinski definition) is 0. The first-order valence-electron chi connectivity index (χ1n) is 7.93. The highest BCUT2D eigenvalue weighted by Crippen LogP contribution is 2.41. The third-order valence-electron chi connectivity index (χ3n) is 3.64. The number of hydrogen-bond acceptors (Lipinski definition) is 7. The van der Waals surface area contributed by atoms with E-state index in [0.717, 1.165) is 0 Å². The second-order valence-electron chi connectivity index (χ2n) is 5.54. The lowest BCUT2D eigenvalue weighted by Crippen LogP contribution is -2.25. The van der Waals surface area contributed by atoms with Crippen molar-refractivity contribution in [2.75, 3.05) is 6.61 Å². The summed E-state index contributed by atoms with van der Waals surface area (Å²) in [5, 5.41) is 9.29. The third kappa shape index (κ3) is 3.89. The zero-order valence-corrected chi connectivity index (χ0v) is 14.4. The molecule has 1 aromatic heterocycles. The number of carbonyl (C=O) groups is 1. The third-order valence-corrected chi connectivity index (χ3v) is 3.64. The first-order valence-corrected chi connectivity index (χ1v) is 7.93. The summed E-state index contributed by atoms with van der Waals surface area (Å²) < 4.78 is 45.3. The largest absolute Gasteiger partial charge is 0.586 e. The second kappa shape index (κ2) is 7.07. The van der Waals surface area contributed by atoms with Crippen molar-refractivity contribution >= 4 is 5.97 Å². The normalized spacial score (nSPS) is 13.7. The van der Waals surface area contributed by atoms with Crippen molar-refractivity contribution in [1.82, 2.24) is 4.98 Å². The van der Waals surface area contributed by atoms with Crippen LogP contribution in [0.15, 0.2) is 24.3 Å². The lowest BCUT2D eigenvalue weighted by Gasteiger charge is -2.11. The zero-order chi connectivity index (χ0) is 19.6. The maximum absolute atomic E-state index is 13.1. The summed E-state index contributed by atoms with van der Waals surface area (Å²) in [5.41, 5.74) is 1.07. The molecule has 140 valence electrons. The van der Waals surface area contributed by atoms with E-state index in [2.05, 4.69) is 14.5 Å². The summed E-state index contributed by atoms with van der Waals surface area (Å²) >= 11 is 0. The Morgan fingerprint density at radius 2 is 2.04 bits per heavy atom. The number of aromatic nitrogens is 1. The smallest absolute Gasteiger partial charge is 0.472 e. The van der Waals surface area contributed by atoms with Crippen molar-refractivity contribution in [3.05, 3.63) is 46.6 Å². The predicted molar refractivity (Wildman–Crippen MR) is 86.6 cm³/mol. The summed E-state index contributed by atoms with van der Waals surface area (Å²) in [4.78, 5) is 16.0. The molecule has 0 fully saturated rings. The lowest BCUT2D eigenvalue weighted by molar-refractivity contribution is -0.286. The Morgan fingerprint density at radius 1 is 1.30 bits per heavy atom. The maximum atomic E-state index is 13.1. The standard InChI is InChI=1S/C18H14F2N2O5/c1-3-24-17(23)13-7-12(8-21)16(22-10(13)2)25-9-11-4-5-14-15(6-11)27-18(19,20)26-14/h4-7H,3,9H2,1-2H3. The average Bonchev–Trinajstić information content (AvgIpc) is 2.93.